The third-order valence-electron chi connectivity index (χ3n) is 2.32. The first kappa shape index (κ1) is 13.1. The number of hydrogen-bond donors (Lipinski definition) is 1. The predicted octanol–water partition coefficient (Wildman–Crippen LogP) is 0.488. The topological polar surface area (TPSA) is 47.1 Å². The van der Waals surface area contributed by atoms with E-state index in [1.165, 1.54) is 0 Å². The zero-order valence-electron chi connectivity index (χ0n) is 9.44. The van der Waals surface area contributed by atoms with Crippen LogP contribution in [0.25, 0.3) is 0 Å². The smallest absolute Gasteiger partial charge is 0.251 e. The van der Waals surface area contributed by atoms with E-state index in [9.17, 15) is 8.78 Å². The normalized spacial score (nSPS) is 11.6. The second-order valence-corrected chi connectivity index (χ2v) is 3.75. The van der Waals surface area contributed by atoms with Crippen molar-refractivity contribution in [2.45, 2.75) is 12.8 Å². The van der Waals surface area contributed by atoms with Gasteiger partial charge in [0, 0.05) is 32.9 Å². The van der Waals surface area contributed by atoms with Crippen LogP contribution < -0.4 is 5.73 Å². The van der Waals surface area contributed by atoms with E-state index >= 15 is 0 Å². The summed E-state index contributed by atoms with van der Waals surface area (Å²) >= 11 is 0. The molecule has 0 unspecified atom stereocenters. The molecule has 0 aromatic carbocycles. The van der Waals surface area contributed by atoms with Gasteiger partial charge in [-0.15, -0.1) is 0 Å². The van der Waals surface area contributed by atoms with Crippen molar-refractivity contribution in [2.24, 2.45) is 12.8 Å². The highest BCUT2D eigenvalue weighted by Gasteiger charge is 2.11. The molecule has 6 heteroatoms. The highest BCUT2D eigenvalue weighted by molar-refractivity contribution is 5.03. The standard InChI is InChI=1S/C10H18F2N4/c1-15-7-9(6-14-15)2-4-16(5-3-13)8-10(11)12/h6-7,10H,2-5,8,13H2,1H3. The number of aromatic nitrogens is 2. The van der Waals surface area contributed by atoms with Crippen LogP contribution in [0.4, 0.5) is 8.78 Å². The highest BCUT2D eigenvalue weighted by atomic mass is 19.3. The van der Waals surface area contributed by atoms with Crippen LogP contribution >= 0.6 is 0 Å². The molecule has 0 atom stereocenters. The molecule has 0 fully saturated rings. The number of halogens is 2. The largest absolute Gasteiger partial charge is 0.329 e. The van der Waals surface area contributed by atoms with Crippen molar-refractivity contribution < 1.29 is 8.78 Å². The van der Waals surface area contributed by atoms with Crippen LogP contribution in [0.1, 0.15) is 5.56 Å². The van der Waals surface area contributed by atoms with Crippen LogP contribution in [0.5, 0.6) is 0 Å². The van der Waals surface area contributed by atoms with Gasteiger partial charge in [-0.25, -0.2) is 8.78 Å². The molecule has 0 spiro atoms. The van der Waals surface area contributed by atoms with Crippen molar-refractivity contribution in [2.75, 3.05) is 26.2 Å². The maximum Gasteiger partial charge on any atom is 0.251 e. The van der Waals surface area contributed by atoms with Crippen molar-refractivity contribution in [3.63, 3.8) is 0 Å². The first-order valence-electron chi connectivity index (χ1n) is 5.30. The number of rotatable bonds is 7. The van der Waals surface area contributed by atoms with Gasteiger partial charge in [0.05, 0.1) is 12.7 Å². The van der Waals surface area contributed by atoms with Gasteiger partial charge >= 0.3 is 0 Å². The van der Waals surface area contributed by atoms with Gasteiger partial charge in [-0.05, 0) is 12.0 Å². The Morgan fingerprint density at radius 2 is 2.25 bits per heavy atom. The molecule has 0 aliphatic carbocycles. The Morgan fingerprint density at radius 3 is 2.75 bits per heavy atom. The molecule has 4 nitrogen and oxygen atoms in total. The maximum absolute atomic E-state index is 12.2. The van der Waals surface area contributed by atoms with Crippen molar-refractivity contribution in [3.8, 4) is 0 Å². The molecule has 2 N–H and O–H groups in total. The SMILES string of the molecule is Cn1cc(CCN(CCN)CC(F)F)cn1. The van der Waals surface area contributed by atoms with Gasteiger partial charge in [0.2, 0.25) is 0 Å². The van der Waals surface area contributed by atoms with E-state index in [1.54, 1.807) is 15.8 Å². The molecule has 1 aromatic rings. The van der Waals surface area contributed by atoms with Gasteiger partial charge in [-0.1, -0.05) is 0 Å². The van der Waals surface area contributed by atoms with E-state index < -0.39 is 6.43 Å². The first-order chi connectivity index (χ1) is 7.61. The maximum atomic E-state index is 12.2. The zero-order chi connectivity index (χ0) is 12.0. The fourth-order valence-corrected chi connectivity index (χ4v) is 1.56. The fraction of sp³-hybridized carbons (Fsp3) is 0.700. The summed E-state index contributed by atoms with van der Waals surface area (Å²) < 4.78 is 26.2. The molecule has 92 valence electrons. The Hall–Kier alpha value is -1.01. The first-order valence-corrected chi connectivity index (χ1v) is 5.30. The highest BCUT2D eigenvalue weighted by Crippen LogP contribution is 2.02. The minimum Gasteiger partial charge on any atom is -0.329 e. The molecule has 1 rings (SSSR count). The van der Waals surface area contributed by atoms with Crippen LogP contribution in [0.3, 0.4) is 0 Å². The fourth-order valence-electron chi connectivity index (χ4n) is 1.56. The van der Waals surface area contributed by atoms with E-state index in [1.807, 2.05) is 13.2 Å². The lowest BCUT2D eigenvalue weighted by Gasteiger charge is -2.20. The van der Waals surface area contributed by atoms with Gasteiger partial charge in [-0.3, -0.25) is 9.58 Å². The monoisotopic (exact) mass is 232 g/mol. The third kappa shape index (κ3) is 4.67. The number of hydrogen-bond acceptors (Lipinski definition) is 3. The number of aryl methyl sites for hydroxylation is 1. The molecule has 16 heavy (non-hydrogen) atoms. The second-order valence-electron chi connectivity index (χ2n) is 3.75. The zero-order valence-corrected chi connectivity index (χ0v) is 9.44. The van der Waals surface area contributed by atoms with Gasteiger partial charge in [0.25, 0.3) is 6.43 Å². The summed E-state index contributed by atoms with van der Waals surface area (Å²) in [5, 5.41) is 4.03. The summed E-state index contributed by atoms with van der Waals surface area (Å²) in [5.41, 5.74) is 6.43. The van der Waals surface area contributed by atoms with Crippen molar-refractivity contribution >= 4 is 0 Å². The lowest BCUT2D eigenvalue weighted by molar-refractivity contribution is 0.0902. The van der Waals surface area contributed by atoms with Crippen LogP contribution in [-0.4, -0.2) is 47.3 Å². The van der Waals surface area contributed by atoms with E-state index in [2.05, 4.69) is 5.10 Å². The third-order valence-corrected chi connectivity index (χ3v) is 2.32. The van der Waals surface area contributed by atoms with Crippen molar-refractivity contribution in [3.05, 3.63) is 18.0 Å². The Morgan fingerprint density at radius 1 is 1.50 bits per heavy atom. The Labute approximate surface area is 94.0 Å². The Bertz CT molecular complexity index is 301. The van der Waals surface area contributed by atoms with Gasteiger partial charge < -0.3 is 5.73 Å². The molecule has 1 heterocycles. The van der Waals surface area contributed by atoms with Gasteiger partial charge in [-0.2, -0.15) is 5.10 Å². The summed E-state index contributed by atoms with van der Waals surface area (Å²) in [7, 11) is 1.83. The minimum absolute atomic E-state index is 0.211. The van der Waals surface area contributed by atoms with E-state index in [0.29, 0.717) is 19.6 Å². The molecular weight excluding hydrogens is 214 g/mol. The molecular formula is C10H18F2N4. The number of nitrogens with two attached hydrogens (primary N) is 1. The second kappa shape index (κ2) is 6.55. The lowest BCUT2D eigenvalue weighted by atomic mass is 10.2. The van der Waals surface area contributed by atoms with Crippen LogP contribution in [-0.2, 0) is 13.5 Å². The Balaban J connectivity index is 2.36. The summed E-state index contributed by atoms with van der Waals surface area (Å²) in [6, 6.07) is 0. The molecule has 0 saturated heterocycles. The average Bonchev–Trinajstić information content (AvgIpc) is 2.60. The molecule has 0 amide bonds. The molecule has 0 bridgehead atoms. The quantitative estimate of drug-likeness (QED) is 0.744. The molecule has 0 aliphatic rings. The van der Waals surface area contributed by atoms with Crippen molar-refractivity contribution in [1.82, 2.24) is 14.7 Å². The minimum atomic E-state index is -2.31. The molecule has 0 saturated carbocycles. The summed E-state index contributed by atoms with van der Waals surface area (Å²) in [6.07, 6.45) is 2.06. The van der Waals surface area contributed by atoms with Gasteiger partial charge in [0.15, 0.2) is 0 Å². The van der Waals surface area contributed by atoms with Crippen molar-refractivity contribution in [1.29, 1.82) is 0 Å². The molecule has 1 aromatic heterocycles. The average molecular weight is 232 g/mol. The van der Waals surface area contributed by atoms with E-state index in [4.69, 9.17) is 5.73 Å². The van der Waals surface area contributed by atoms with Gasteiger partial charge in [0.1, 0.15) is 0 Å². The molecule has 0 aliphatic heterocycles. The molecule has 0 radical (unpaired) electrons. The summed E-state index contributed by atoms with van der Waals surface area (Å²) in [4.78, 5) is 1.68. The van der Waals surface area contributed by atoms with E-state index in [-0.39, 0.29) is 6.54 Å². The van der Waals surface area contributed by atoms with Crippen LogP contribution in [0.15, 0.2) is 12.4 Å². The van der Waals surface area contributed by atoms with E-state index in [0.717, 1.165) is 12.0 Å². The lowest BCUT2D eigenvalue weighted by Crippen LogP contribution is -2.35. The van der Waals surface area contributed by atoms with Crippen LogP contribution in [0.2, 0.25) is 0 Å². The summed E-state index contributed by atoms with van der Waals surface area (Å²) in [6.45, 7) is 1.29. The number of nitrogens with zero attached hydrogens (tertiary/aromatic N) is 3. The summed E-state index contributed by atoms with van der Waals surface area (Å²) in [5.74, 6) is 0. The Kier molecular flexibility index (Phi) is 5.34. The predicted molar refractivity (Wildman–Crippen MR) is 58.4 cm³/mol. The number of alkyl halides is 2. The van der Waals surface area contributed by atoms with Crippen LogP contribution in [0, 0.1) is 0 Å².